The van der Waals surface area contributed by atoms with Crippen LogP contribution in [0.2, 0.25) is 0 Å². The van der Waals surface area contributed by atoms with Gasteiger partial charge in [0.1, 0.15) is 19.0 Å². The third kappa shape index (κ3) is 41.9. The Morgan fingerprint density at radius 1 is 0.214 bits per heavy atom. The van der Waals surface area contributed by atoms with Crippen molar-refractivity contribution in [3.63, 3.8) is 0 Å². The van der Waals surface area contributed by atoms with E-state index in [1.54, 1.807) is 122 Å². The summed E-state index contributed by atoms with van der Waals surface area (Å²) in [5, 5.41) is 62.0. The van der Waals surface area contributed by atoms with Gasteiger partial charge in [0.15, 0.2) is 0 Å². The Balaban J connectivity index is 0. The average molecular weight is 1360 g/mol. The molecule has 12 rings (SSSR count). The van der Waals surface area contributed by atoms with Crippen LogP contribution in [0.5, 0.6) is 0 Å². The number of aromatic nitrogens is 29. The first-order valence-corrected chi connectivity index (χ1v) is 32.9. The molecule has 0 bridgehead atoms. The highest BCUT2D eigenvalue weighted by molar-refractivity contribution is 4.92. The van der Waals surface area contributed by atoms with Crippen LogP contribution in [0.15, 0.2) is 191 Å². The zero-order valence-corrected chi connectivity index (χ0v) is 61.8. The minimum atomic E-state index is 0. The molecule has 0 N–H and O–H groups in total. The van der Waals surface area contributed by atoms with E-state index in [0.29, 0.717) is 72.5 Å². The average Bonchev–Trinajstić information content (AvgIpc) is 4.44. The highest BCUT2D eigenvalue weighted by Gasteiger charge is 2.00. The Bertz CT molecular complexity index is 2530. The van der Waals surface area contributed by atoms with Crippen molar-refractivity contribution in [3.05, 3.63) is 191 Å². The van der Waals surface area contributed by atoms with Crippen LogP contribution >= 0.6 is 0 Å². The van der Waals surface area contributed by atoms with Gasteiger partial charge in [-0.3, -0.25) is 23.4 Å². The van der Waals surface area contributed by atoms with Crippen molar-refractivity contribution in [2.45, 2.75) is 254 Å². The summed E-state index contributed by atoms with van der Waals surface area (Å²) in [5.41, 5.74) is 0. The molecule has 0 radical (unpaired) electrons. The molecule has 544 valence electrons. The minimum absolute atomic E-state index is 0. The molecule has 12 aromatic rings. The lowest BCUT2D eigenvalue weighted by Crippen LogP contribution is -2.03. The fourth-order valence-corrected chi connectivity index (χ4v) is 6.59. The molecule has 0 aliphatic carbocycles. The van der Waals surface area contributed by atoms with Gasteiger partial charge in [-0.15, -0.1) is 5.10 Å². The molecule has 98 heavy (non-hydrogen) atoms. The summed E-state index contributed by atoms with van der Waals surface area (Å²) in [6.07, 6.45) is 41.6. The Morgan fingerprint density at radius 2 is 0.459 bits per heavy atom. The Labute approximate surface area is 585 Å². The van der Waals surface area contributed by atoms with Crippen LogP contribution in [-0.2, 0) is 0 Å². The van der Waals surface area contributed by atoms with Crippen molar-refractivity contribution in [3.8, 4) is 0 Å². The van der Waals surface area contributed by atoms with Crippen molar-refractivity contribution in [1.82, 2.24) is 143 Å². The van der Waals surface area contributed by atoms with Crippen LogP contribution in [0.3, 0.4) is 0 Å². The molecule has 0 fully saturated rings. The van der Waals surface area contributed by atoms with Crippen molar-refractivity contribution < 1.29 is 0 Å². The maximum absolute atomic E-state index is 4.03. The van der Waals surface area contributed by atoms with Crippen LogP contribution in [0.25, 0.3) is 0 Å². The second-order valence-corrected chi connectivity index (χ2v) is 24.4. The zero-order valence-electron chi connectivity index (χ0n) is 61.8. The lowest BCUT2D eigenvalue weighted by molar-refractivity contribution is 0.466. The van der Waals surface area contributed by atoms with Crippen LogP contribution in [-0.4, -0.2) is 143 Å². The maximum Gasteiger partial charge on any atom is 0.138 e. The second kappa shape index (κ2) is 53.3. The van der Waals surface area contributed by atoms with Crippen LogP contribution < -0.4 is 0 Å². The van der Waals surface area contributed by atoms with E-state index >= 15 is 0 Å². The molecular formula is C69H123N29. The van der Waals surface area contributed by atoms with Gasteiger partial charge in [-0.1, -0.05) is 14.9 Å². The fourth-order valence-electron chi connectivity index (χ4n) is 6.59. The van der Waals surface area contributed by atoms with Gasteiger partial charge in [0.05, 0.1) is 73.7 Å². The van der Waals surface area contributed by atoms with E-state index in [2.05, 4.69) is 218 Å². The van der Waals surface area contributed by atoms with E-state index in [1.165, 1.54) is 0 Å². The summed E-state index contributed by atoms with van der Waals surface area (Å²) < 4.78 is 15.5. The SMILES string of the molecule is C.C.CC(C)n1cccc1.CC(C)n1cccc1.CC(C)n1cccn1.CC(C)n1cccn1.CC(C)n1cccn1.CC(C)n1cccn1.CC(C)n1cncn1.CC(C)n1cnnn1.CC(C)n1nccn1.CC(C)n1nccn1.CC(C)n1nccn1.CC(C)n1nccn1. The van der Waals surface area contributed by atoms with E-state index < -0.39 is 0 Å². The Morgan fingerprint density at radius 3 is 0.561 bits per heavy atom. The Hall–Kier alpha value is -9.83. The number of nitrogens with zero attached hydrogens (tertiary/aromatic N) is 29. The summed E-state index contributed by atoms with van der Waals surface area (Å²) in [6, 6.07) is 21.4. The summed E-state index contributed by atoms with van der Waals surface area (Å²) in [7, 11) is 0. The fraction of sp³-hybridized carbons (Fsp3) is 0.551. The normalized spacial score (nSPS) is 10.2. The molecule has 29 nitrogen and oxygen atoms in total. The molecule has 0 aliphatic rings. The molecule has 0 unspecified atom stereocenters. The summed E-state index contributed by atoms with van der Waals surface area (Å²) >= 11 is 0. The number of hydrogen-bond donors (Lipinski definition) is 0. The van der Waals surface area contributed by atoms with Gasteiger partial charge in [-0.25, -0.2) is 9.67 Å². The van der Waals surface area contributed by atoms with Crippen molar-refractivity contribution in [1.29, 1.82) is 0 Å². The largest absolute Gasteiger partial charge is 0.352 e. The molecule has 0 atom stereocenters. The molecular weight excluding hydrogens is 1230 g/mol. The quantitative estimate of drug-likeness (QED) is 0.110. The first-order chi connectivity index (χ1) is 45.7. The van der Waals surface area contributed by atoms with Crippen LogP contribution in [0, 0.1) is 0 Å². The molecule has 12 heterocycles. The monoisotopic (exact) mass is 1360 g/mol. The molecule has 12 aromatic heterocycles. The third-order valence-electron chi connectivity index (χ3n) is 12.1. The summed E-state index contributed by atoms with van der Waals surface area (Å²) in [5.74, 6) is 0. The summed E-state index contributed by atoms with van der Waals surface area (Å²) in [4.78, 5) is 10.5. The predicted octanol–water partition coefficient (Wildman–Crippen LogP) is 15.8. The highest BCUT2D eigenvalue weighted by Crippen LogP contribution is 2.05. The number of hydrogen-bond acceptors (Lipinski definition) is 17. The molecule has 0 saturated heterocycles. The number of tetrazole rings is 1. The summed E-state index contributed by atoms with van der Waals surface area (Å²) in [6.45, 7) is 50.0. The first-order valence-electron chi connectivity index (χ1n) is 32.9. The molecule has 0 aromatic carbocycles. The number of rotatable bonds is 12. The first kappa shape index (κ1) is 90.2. The van der Waals surface area contributed by atoms with Gasteiger partial charge in [0.2, 0.25) is 0 Å². The van der Waals surface area contributed by atoms with Crippen molar-refractivity contribution in [2.24, 2.45) is 0 Å². The molecule has 0 amide bonds. The van der Waals surface area contributed by atoms with Crippen molar-refractivity contribution >= 4 is 0 Å². The van der Waals surface area contributed by atoms with Crippen molar-refractivity contribution in [2.75, 3.05) is 0 Å². The molecule has 0 spiro atoms. The smallest absolute Gasteiger partial charge is 0.138 e. The van der Waals surface area contributed by atoms with E-state index in [-0.39, 0.29) is 14.9 Å². The third-order valence-corrected chi connectivity index (χ3v) is 12.1. The molecule has 29 heteroatoms. The molecule has 0 aliphatic heterocycles. The zero-order chi connectivity index (χ0) is 71.8. The molecule has 0 saturated carbocycles. The Kier molecular flexibility index (Phi) is 49.1. The van der Waals surface area contributed by atoms with E-state index in [0.717, 1.165) is 0 Å². The van der Waals surface area contributed by atoms with Crippen LogP contribution in [0.1, 0.15) is 254 Å². The van der Waals surface area contributed by atoms with Gasteiger partial charge >= 0.3 is 0 Å². The van der Waals surface area contributed by atoms with Gasteiger partial charge in [-0.05, 0) is 225 Å². The minimum Gasteiger partial charge on any atom is -0.352 e. The lowest BCUT2D eigenvalue weighted by atomic mass is 10.4. The van der Waals surface area contributed by atoms with E-state index in [1.807, 2.05) is 161 Å². The maximum atomic E-state index is 4.03. The standard InChI is InChI=1S/2C7H11N.4C6H10N2.5C5H9N3.C4H8N4.2CH4/c2*1-7(2)8-5-3-4-6-8;4*1-6(2)8-5-3-4-7-8;1-5(2)8-4-6-3-7-8;4*1-5(2)8-6-3-4-7-8;1-4(2)8-3-5-6-7-8;;/h2*3-7H,1-2H3;4*3-6H,1-2H3;5*3-5H,1-2H3;3-4H,1-2H3;2*1H4. The van der Waals surface area contributed by atoms with E-state index in [9.17, 15) is 0 Å². The predicted molar refractivity (Wildman–Crippen MR) is 394 cm³/mol. The highest BCUT2D eigenvalue weighted by atomic mass is 15.5. The topological polar surface area (TPSA) is 278 Å². The van der Waals surface area contributed by atoms with Gasteiger partial charge in [0.25, 0.3) is 0 Å². The van der Waals surface area contributed by atoms with Gasteiger partial charge in [-0.2, -0.15) is 85.5 Å². The second-order valence-electron chi connectivity index (χ2n) is 24.4. The van der Waals surface area contributed by atoms with Gasteiger partial charge in [0, 0.05) is 123 Å². The van der Waals surface area contributed by atoms with Crippen LogP contribution in [0.4, 0.5) is 0 Å². The van der Waals surface area contributed by atoms with Gasteiger partial charge < -0.3 is 9.13 Å². The lowest BCUT2D eigenvalue weighted by Gasteiger charge is -2.03. The van der Waals surface area contributed by atoms with E-state index in [4.69, 9.17) is 0 Å².